The zero-order valence-electron chi connectivity index (χ0n) is 15.9. The number of halogens is 3. The average molecular weight is 415 g/mol. The highest BCUT2D eigenvalue weighted by Crippen LogP contribution is 2.30. The molecular formula is C17H24F3N7S. The van der Waals surface area contributed by atoms with E-state index in [1.54, 1.807) is 0 Å². The van der Waals surface area contributed by atoms with Gasteiger partial charge in [-0.25, -0.2) is 9.98 Å². The van der Waals surface area contributed by atoms with Crippen molar-refractivity contribution in [2.24, 2.45) is 12.0 Å². The van der Waals surface area contributed by atoms with E-state index in [2.05, 4.69) is 30.8 Å². The van der Waals surface area contributed by atoms with Crippen LogP contribution in [0.5, 0.6) is 0 Å². The summed E-state index contributed by atoms with van der Waals surface area (Å²) in [6.45, 7) is 2.69. The number of hydrogen-bond acceptors (Lipinski definition) is 5. The number of hydrogen-bond donors (Lipinski definition) is 2. The predicted molar refractivity (Wildman–Crippen MR) is 101 cm³/mol. The molecule has 0 bridgehead atoms. The van der Waals surface area contributed by atoms with Gasteiger partial charge in [0.25, 0.3) is 0 Å². The maximum absolute atomic E-state index is 12.7. The molecule has 0 atom stereocenters. The van der Waals surface area contributed by atoms with Crippen LogP contribution in [0.2, 0.25) is 0 Å². The van der Waals surface area contributed by atoms with Crippen LogP contribution in [0.1, 0.15) is 48.0 Å². The molecule has 1 fully saturated rings. The highest BCUT2D eigenvalue weighted by molar-refractivity contribution is 7.09. The number of alkyl halides is 3. The summed E-state index contributed by atoms with van der Waals surface area (Å²) in [5, 5.41) is 16.3. The van der Waals surface area contributed by atoms with E-state index in [-0.39, 0.29) is 0 Å². The van der Waals surface area contributed by atoms with Gasteiger partial charge in [0.15, 0.2) is 17.5 Å². The SMILES string of the molecule is Cc1nnc(CN=C(NCCc2nc(C(F)(F)F)cs2)NC2CCCC2)n1C. The van der Waals surface area contributed by atoms with E-state index in [1.165, 1.54) is 12.8 Å². The van der Waals surface area contributed by atoms with Crippen LogP contribution in [0.4, 0.5) is 13.2 Å². The van der Waals surface area contributed by atoms with Crippen molar-refractivity contribution in [3.05, 3.63) is 27.7 Å². The van der Waals surface area contributed by atoms with E-state index < -0.39 is 11.9 Å². The van der Waals surface area contributed by atoms with Crippen LogP contribution >= 0.6 is 11.3 Å². The standard InChI is InChI=1S/C17H24F3N7S/c1-11-25-26-14(27(11)2)9-22-16(23-12-5-3-4-6-12)21-8-7-15-24-13(10-28-15)17(18,19)20/h10,12H,3-9H2,1-2H3,(H2,21,22,23). The van der Waals surface area contributed by atoms with Gasteiger partial charge in [0, 0.05) is 31.4 Å². The molecule has 1 saturated carbocycles. The maximum atomic E-state index is 12.7. The summed E-state index contributed by atoms with van der Waals surface area (Å²) < 4.78 is 39.9. The van der Waals surface area contributed by atoms with Crippen molar-refractivity contribution in [2.75, 3.05) is 6.54 Å². The summed E-state index contributed by atoms with van der Waals surface area (Å²) in [6, 6.07) is 0.365. The second-order valence-corrected chi connectivity index (χ2v) is 7.76. The fourth-order valence-corrected chi connectivity index (χ4v) is 3.80. The lowest BCUT2D eigenvalue weighted by molar-refractivity contribution is -0.140. The molecule has 1 aliphatic carbocycles. The molecule has 2 N–H and O–H groups in total. The van der Waals surface area contributed by atoms with Crippen LogP contribution in [0, 0.1) is 6.92 Å². The molecule has 11 heteroatoms. The molecular weight excluding hydrogens is 391 g/mol. The molecule has 2 aromatic heterocycles. The summed E-state index contributed by atoms with van der Waals surface area (Å²) in [6.07, 6.45) is 0.554. The number of thiazole rings is 1. The van der Waals surface area contributed by atoms with Crippen molar-refractivity contribution >= 4 is 17.3 Å². The molecule has 0 aliphatic heterocycles. The van der Waals surface area contributed by atoms with Gasteiger partial charge >= 0.3 is 6.18 Å². The third-order valence-electron chi connectivity index (χ3n) is 4.73. The van der Waals surface area contributed by atoms with E-state index in [1.807, 2.05) is 18.5 Å². The molecule has 0 saturated heterocycles. The first kappa shape index (κ1) is 20.6. The third kappa shape index (κ3) is 5.43. The number of guanidine groups is 1. The summed E-state index contributed by atoms with van der Waals surface area (Å²) in [5.74, 6) is 2.20. The highest BCUT2D eigenvalue weighted by Gasteiger charge is 2.33. The van der Waals surface area contributed by atoms with Crippen molar-refractivity contribution in [1.82, 2.24) is 30.4 Å². The van der Waals surface area contributed by atoms with Crippen LogP contribution in [-0.2, 0) is 26.2 Å². The summed E-state index contributed by atoms with van der Waals surface area (Å²) in [7, 11) is 1.89. The van der Waals surface area contributed by atoms with Gasteiger partial charge in [-0.15, -0.1) is 21.5 Å². The Morgan fingerprint density at radius 3 is 2.68 bits per heavy atom. The first-order chi connectivity index (χ1) is 13.3. The van der Waals surface area contributed by atoms with Gasteiger partial charge in [0.05, 0.1) is 5.01 Å². The van der Waals surface area contributed by atoms with Crippen LogP contribution in [0.3, 0.4) is 0 Å². The van der Waals surface area contributed by atoms with E-state index in [0.717, 1.165) is 41.2 Å². The van der Waals surface area contributed by atoms with Crippen molar-refractivity contribution in [1.29, 1.82) is 0 Å². The van der Waals surface area contributed by atoms with Crippen molar-refractivity contribution in [3.8, 4) is 0 Å². The Morgan fingerprint density at radius 1 is 1.32 bits per heavy atom. The van der Waals surface area contributed by atoms with Gasteiger partial charge in [-0.1, -0.05) is 12.8 Å². The Bertz CT molecular complexity index is 806. The largest absolute Gasteiger partial charge is 0.434 e. The molecule has 1 aliphatic rings. The molecule has 154 valence electrons. The second kappa shape index (κ2) is 8.89. The molecule has 2 aromatic rings. The topological polar surface area (TPSA) is 80.0 Å². The third-order valence-corrected chi connectivity index (χ3v) is 5.64. The Labute approximate surface area is 165 Å². The van der Waals surface area contributed by atoms with Crippen LogP contribution in [0.25, 0.3) is 0 Å². The van der Waals surface area contributed by atoms with Gasteiger partial charge in [0.1, 0.15) is 12.4 Å². The quantitative estimate of drug-likeness (QED) is 0.560. The lowest BCUT2D eigenvalue weighted by Crippen LogP contribution is -2.43. The van der Waals surface area contributed by atoms with E-state index in [0.29, 0.717) is 36.5 Å². The van der Waals surface area contributed by atoms with Gasteiger partial charge in [-0.3, -0.25) is 0 Å². The minimum atomic E-state index is -4.40. The monoisotopic (exact) mass is 415 g/mol. The summed E-state index contributed by atoms with van der Waals surface area (Å²) in [4.78, 5) is 8.24. The zero-order valence-corrected chi connectivity index (χ0v) is 16.7. The smallest absolute Gasteiger partial charge is 0.356 e. The number of aromatic nitrogens is 4. The Balaban J connectivity index is 1.59. The van der Waals surface area contributed by atoms with Gasteiger partial charge in [-0.2, -0.15) is 13.2 Å². The number of nitrogens with one attached hydrogen (secondary N) is 2. The Morgan fingerprint density at radius 2 is 2.07 bits per heavy atom. The Hall–Kier alpha value is -2.17. The summed E-state index contributed by atoms with van der Waals surface area (Å²) >= 11 is 1.02. The van der Waals surface area contributed by atoms with Gasteiger partial charge in [-0.05, 0) is 19.8 Å². The summed E-state index contributed by atoms with van der Waals surface area (Å²) in [5.41, 5.74) is -0.830. The van der Waals surface area contributed by atoms with E-state index >= 15 is 0 Å². The van der Waals surface area contributed by atoms with Crippen LogP contribution < -0.4 is 10.6 Å². The lowest BCUT2D eigenvalue weighted by atomic mass is 10.2. The maximum Gasteiger partial charge on any atom is 0.434 e. The molecule has 3 rings (SSSR count). The molecule has 0 aromatic carbocycles. The van der Waals surface area contributed by atoms with Crippen LogP contribution in [0.15, 0.2) is 10.4 Å². The minimum absolute atomic E-state index is 0.365. The molecule has 0 unspecified atom stereocenters. The van der Waals surface area contributed by atoms with Gasteiger partial charge in [0.2, 0.25) is 0 Å². The predicted octanol–water partition coefficient (Wildman–Crippen LogP) is 2.82. The zero-order chi connectivity index (χ0) is 20.1. The van der Waals surface area contributed by atoms with Crippen molar-refractivity contribution in [2.45, 2.75) is 57.8 Å². The average Bonchev–Trinajstić information content (AvgIpc) is 3.37. The lowest BCUT2D eigenvalue weighted by Gasteiger charge is -2.17. The molecule has 2 heterocycles. The molecule has 0 amide bonds. The fourth-order valence-electron chi connectivity index (χ4n) is 3.00. The van der Waals surface area contributed by atoms with Crippen molar-refractivity contribution < 1.29 is 13.2 Å². The minimum Gasteiger partial charge on any atom is -0.356 e. The molecule has 0 spiro atoms. The first-order valence-electron chi connectivity index (χ1n) is 9.24. The van der Waals surface area contributed by atoms with E-state index in [4.69, 9.17) is 0 Å². The second-order valence-electron chi connectivity index (χ2n) is 6.81. The molecule has 0 radical (unpaired) electrons. The first-order valence-corrected chi connectivity index (χ1v) is 10.1. The van der Waals surface area contributed by atoms with Crippen LogP contribution in [-0.4, -0.2) is 38.3 Å². The number of rotatable bonds is 6. The molecule has 28 heavy (non-hydrogen) atoms. The number of aryl methyl sites for hydroxylation is 1. The number of nitrogens with zero attached hydrogens (tertiary/aromatic N) is 5. The fraction of sp³-hybridized carbons (Fsp3) is 0.647. The van der Waals surface area contributed by atoms with E-state index in [9.17, 15) is 13.2 Å². The van der Waals surface area contributed by atoms with Gasteiger partial charge < -0.3 is 15.2 Å². The Kier molecular flexibility index (Phi) is 6.53. The number of aliphatic imine (C=N–C) groups is 1. The highest BCUT2D eigenvalue weighted by atomic mass is 32.1. The normalized spacial score (nSPS) is 16.0. The molecule has 7 nitrogen and oxygen atoms in total. The van der Waals surface area contributed by atoms with Crippen molar-refractivity contribution in [3.63, 3.8) is 0 Å².